The smallest absolute Gasteiger partial charge is 0.178 e. The second-order valence-electron chi connectivity index (χ2n) is 1.97. The van der Waals surface area contributed by atoms with Crippen LogP contribution in [0.25, 0.3) is 6.08 Å². The molecule has 1 heteroatoms. The summed E-state index contributed by atoms with van der Waals surface area (Å²) in [6.45, 7) is 3.59. The summed E-state index contributed by atoms with van der Waals surface area (Å²) < 4.78 is 0. The minimum Gasteiger partial charge on any atom is -0.290 e. The summed E-state index contributed by atoms with van der Waals surface area (Å²) in [7, 11) is 0. The first-order chi connectivity index (χ1) is 4.83. The van der Waals surface area contributed by atoms with Crippen LogP contribution in [0.3, 0.4) is 0 Å². The van der Waals surface area contributed by atoms with E-state index in [0.29, 0.717) is 0 Å². The van der Waals surface area contributed by atoms with Crippen LogP contribution >= 0.6 is 0 Å². The molecule has 0 aliphatic carbocycles. The molecule has 0 aliphatic rings. The lowest BCUT2D eigenvalue weighted by Crippen LogP contribution is -1.87. The van der Waals surface area contributed by atoms with Gasteiger partial charge < -0.3 is 0 Å². The van der Waals surface area contributed by atoms with Gasteiger partial charge in [-0.25, -0.2) is 0 Å². The van der Waals surface area contributed by atoms with E-state index < -0.39 is 0 Å². The van der Waals surface area contributed by atoms with Gasteiger partial charge >= 0.3 is 0 Å². The molecule has 0 unspecified atom stereocenters. The Morgan fingerprint density at radius 1 is 1.20 bits per heavy atom. The average Bonchev–Trinajstić information content (AvgIpc) is 2.14. The van der Waals surface area contributed by atoms with E-state index in [1.54, 1.807) is 18.2 Å². The van der Waals surface area contributed by atoms with Crippen LogP contribution in [-0.2, 0) is 0 Å². The van der Waals surface area contributed by atoms with Crippen molar-refractivity contribution in [2.24, 2.45) is 0 Å². The lowest BCUT2D eigenvalue weighted by Gasteiger charge is -1.78. The highest BCUT2D eigenvalue weighted by atomic mass is 16.1. The zero-order valence-electron chi connectivity index (χ0n) is 5.58. The highest BCUT2D eigenvalue weighted by Crippen LogP contribution is 1.94. The van der Waals surface area contributed by atoms with Crippen molar-refractivity contribution in [2.75, 3.05) is 0 Å². The molecule has 10 heavy (non-hydrogen) atoms. The Labute approximate surface area is 59.6 Å². The SMILES string of the molecule is C=Cc1cccc(=O)cc1. The standard InChI is InChI=1S/C9H8O/c1-2-8-4-3-5-9(10)7-6-8/h2-7H,1H2. The van der Waals surface area contributed by atoms with Crippen LogP contribution in [0.5, 0.6) is 0 Å². The first-order valence-corrected chi connectivity index (χ1v) is 3.06. The first-order valence-electron chi connectivity index (χ1n) is 3.06. The summed E-state index contributed by atoms with van der Waals surface area (Å²) in [4.78, 5) is 10.7. The van der Waals surface area contributed by atoms with Gasteiger partial charge in [0.05, 0.1) is 0 Å². The maximum absolute atomic E-state index is 10.7. The molecule has 0 atom stereocenters. The summed E-state index contributed by atoms with van der Waals surface area (Å²) in [5.41, 5.74) is 0.982. The topological polar surface area (TPSA) is 17.1 Å². The summed E-state index contributed by atoms with van der Waals surface area (Å²) in [5.74, 6) is 0. The molecular formula is C9H8O. The fourth-order valence-corrected chi connectivity index (χ4v) is 0.680. The minimum atomic E-state index is 0.0214. The zero-order chi connectivity index (χ0) is 7.40. The van der Waals surface area contributed by atoms with Crippen LogP contribution in [0.4, 0.5) is 0 Å². The Balaban J connectivity index is 3.29. The van der Waals surface area contributed by atoms with Crippen molar-refractivity contribution in [1.29, 1.82) is 0 Å². The summed E-state index contributed by atoms with van der Waals surface area (Å²) in [5, 5.41) is 0. The lowest BCUT2D eigenvalue weighted by molar-refractivity contribution is 1.68. The van der Waals surface area contributed by atoms with Crippen molar-refractivity contribution in [3.05, 3.63) is 52.7 Å². The molecule has 1 nitrogen and oxygen atoms in total. The van der Waals surface area contributed by atoms with Crippen LogP contribution in [0.1, 0.15) is 5.56 Å². The molecule has 1 aromatic rings. The highest BCUT2D eigenvalue weighted by molar-refractivity contribution is 5.45. The molecule has 1 aromatic carbocycles. The molecule has 1 rings (SSSR count). The molecule has 0 aliphatic heterocycles. The Bertz CT molecular complexity index is 289. The monoisotopic (exact) mass is 132 g/mol. The molecule has 0 aromatic heterocycles. The van der Waals surface area contributed by atoms with Crippen LogP contribution < -0.4 is 5.43 Å². The molecule has 0 spiro atoms. The third-order valence-electron chi connectivity index (χ3n) is 1.22. The summed E-state index contributed by atoms with van der Waals surface area (Å²) in [6.07, 6.45) is 1.71. The van der Waals surface area contributed by atoms with E-state index in [1.807, 2.05) is 6.07 Å². The van der Waals surface area contributed by atoms with E-state index in [4.69, 9.17) is 0 Å². The molecule has 0 heterocycles. The van der Waals surface area contributed by atoms with E-state index in [9.17, 15) is 4.79 Å². The van der Waals surface area contributed by atoms with Gasteiger partial charge in [-0.3, -0.25) is 4.79 Å². The van der Waals surface area contributed by atoms with Crippen molar-refractivity contribution >= 4 is 6.08 Å². The van der Waals surface area contributed by atoms with Gasteiger partial charge in [0.25, 0.3) is 0 Å². The lowest BCUT2D eigenvalue weighted by atomic mass is 10.3. The largest absolute Gasteiger partial charge is 0.290 e. The maximum Gasteiger partial charge on any atom is 0.178 e. The third kappa shape index (κ3) is 1.55. The highest BCUT2D eigenvalue weighted by Gasteiger charge is 1.80. The minimum absolute atomic E-state index is 0.0214. The molecule has 50 valence electrons. The molecule has 0 fully saturated rings. The van der Waals surface area contributed by atoms with Crippen molar-refractivity contribution in [3.63, 3.8) is 0 Å². The average molecular weight is 132 g/mol. The van der Waals surface area contributed by atoms with Crippen LogP contribution in [-0.4, -0.2) is 0 Å². The van der Waals surface area contributed by atoms with Gasteiger partial charge in [-0.2, -0.15) is 0 Å². The summed E-state index contributed by atoms with van der Waals surface area (Å²) in [6, 6.07) is 8.35. The second-order valence-corrected chi connectivity index (χ2v) is 1.97. The normalized spacial score (nSPS) is 8.80. The van der Waals surface area contributed by atoms with E-state index in [0.717, 1.165) is 5.56 Å². The van der Waals surface area contributed by atoms with E-state index in [-0.39, 0.29) is 5.43 Å². The zero-order valence-corrected chi connectivity index (χ0v) is 5.58. The number of hydrogen-bond donors (Lipinski definition) is 0. The van der Waals surface area contributed by atoms with Gasteiger partial charge in [0.2, 0.25) is 0 Å². The van der Waals surface area contributed by atoms with Crippen molar-refractivity contribution < 1.29 is 0 Å². The van der Waals surface area contributed by atoms with Crippen LogP contribution in [0, 0.1) is 0 Å². The fourth-order valence-electron chi connectivity index (χ4n) is 0.680. The second kappa shape index (κ2) is 2.97. The predicted molar refractivity (Wildman–Crippen MR) is 42.8 cm³/mol. The van der Waals surface area contributed by atoms with E-state index in [2.05, 4.69) is 6.58 Å². The van der Waals surface area contributed by atoms with Gasteiger partial charge in [-0.05, 0) is 17.7 Å². The Kier molecular flexibility index (Phi) is 2.00. The van der Waals surface area contributed by atoms with Crippen molar-refractivity contribution in [2.45, 2.75) is 0 Å². The molecule has 0 saturated heterocycles. The maximum atomic E-state index is 10.7. The molecule has 0 bridgehead atoms. The summed E-state index contributed by atoms with van der Waals surface area (Å²) >= 11 is 0. The van der Waals surface area contributed by atoms with Gasteiger partial charge in [0.1, 0.15) is 0 Å². The molecule has 0 radical (unpaired) electrons. The van der Waals surface area contributed by atoms with Crippen molar-refractivity contribution in [3.8, 4) is 0 Å². The Morgan fingerprint density at radius 2 is 2.00 bits per heavy atom. The quantitative estimate of drug-likeness (QED) is 0.568. The van der Waals surface area contributed by atoms with Gasteiger partial charge in [0.15, 0.2) is 5.43 Å². The van der Waals surface area contributed by atoms with Gasteiger partial charge in [-0.1, -0.05) is 30.9 Å². The Hall–Kier alpha value is -1.37. The molecule has 0 saturated carbocycles. The third-order valence-corrected chi connectivity index (χ3v) is 1.22. The Morgan fingerprint density at radius 3 is 2.70 bits per heavy atom. The van der Waals surface area contributed by atoms with E-state index in [1.165, 1.54) is 12.1 Å². The van der Waals surface area contributed by atoms with E-state index >= 15 is 0 Å². The molecular weight excluding hydrogens is 124 g/mol. The number of hydrogen-bond acceptors (Lipinski definition) is 1. The number of rotatable bonds is 1. The molecule has 0 N–H and O–H groups in total. The molecule has 0 amide bonds. The van der Waals surface area contributed by atoms with Crippen LogP contribution in [0.15, 0.2) is 41.7 Å². The van der Waals surface area contributed by atoms with Crippen molar-refractivity contribution in [1.82, 2.24) is 0 Å². The first kappa shape index (κ1) is 6.75. The predicted octanol–water partition coefficient (Wildman–Crippen LogP) is 1.69. The van der Waals surface area contributed by atoms with Gasteiger partial charge in [0, 0.05) is 0 Å². The van der Waals surface area contributed by atoms with Crippen LogP contribution in [0.2, 0.25) is 0 Å². The van der Waals surface area contributed by atoms with Gasteiger partial charge in [-0.15, -0.1) is 0 Å². The fraction of sp³-hybridized carbons (Fsp3) is 0.